The van der Waals surface area contributed by atoms with E-state index in [1.54, 1.807) is 0 Å². The predicted molar refractivity (Wildman–Crippen MR) is 68.2 cm³/mol. The van der Waals surface area contributed by atoms with Gasteiger partial charge in [0.1, 0.15) is 0 Å². The molecule has 0 saturated carbocycles. The van der Waals surface area contributed by atoms with Crippen molar-refractivity contribution in [3.63, 3.8) is 0 Å². The number of halogens is 3. The van der Waals surface area contributed by atoms with Gasteiger partial charge in [0.15, 0.2) is 11.6 Å². The number of benzene rings is 1. The Hall–Kier alpha value is -0.780. The van der Waals surface area contributed by atoms with Crippen molar-refractivity contribution >= 4 is 15.9 Å². The molecule has 0 aliphatic heterocycles. The number of hydrogen-bond donors (Lipinski definition) is 2. The molecule has 0 bridgehead atoms. The summed E-state index contributed by atoms with van der Waals surface area (Å²) in [5, 5.41) is 0. The summed E-state index contributed by atoms with van der Waals surface area (Å²) in [6, 6.07) is 2.42. The van der Waals surface area contributed by atoms with Crippen LogP contribution in [0.1, 0.15) is 30.9 Å². The molecule has 0 aliphatic rings. The Bertz CT molecular complexity index is 396. The third-order valence-electron chi connectivity index (χ3n) is 2.54. The highest BCUT2D eigenvalue weighted by molar-refractivity contribution is 9.10. The van der Waals surface area contributed by atoms with Gasteiger partial charge in [-0.2, -0.15) is 0 Å². The van der Waals surface area contributed by atoms with Crippen LogP contribution < -0.4 is 11.3 Å². The molecule has 0 amide bonds. The average molecular weight is 305 g/mol. The Morgan fingerprint density at radius 2 is 2.18 bits per heavy atom. The highest BCUT2D eigenvalue weighted by atomic mass is 79.9. The first kappa shape index (κ1) is 14.3. The minimum atomic E-state index is -0.883. The lowest BCUT2D eigenvalue weighted by Gasteiger charge is -2.18. The smallest absolute Gasteiger partial charge is 0.173 e. The molecular weight excluding hydrogens is 290 g/mol. The molecule has 5 heteroatoms. The summed E-state index contributed by atoms with van der Waals surface area (Å²) in [5.74, 6) is 3.68. The van der Waals surface area contributed by atoms with E-state index >= 15 is 0 Å². The molecule has 0 radical (unpaired) electrons. The number of rotatable bonds is 6. The minimum absolute atomic E-state index is 0.124. The first-order valence-corrected chi connectivity index (χ1v) is 6.11. The van der Waals surface area contributed by atoms with Gasteiger partial charge in [-0.05, 0) is 46.8 Å². The van der Waals surface area contributed by atoms with E-state index in [0.717, 1.165) is 25.3 Å². The molecule has 1 rings (SSSR count). The maximum Gasteiger partial charge on any atom is 0.173 e. The molecule has 1 aromatic rings. The minimum Gasteiger partial charge on any atom is -0.271 e. The highest BCUT2D eigenvalue weighted by Crippen LogP contribution is 2.30. The number of nitrogens with two attached hydrogens (primary N) is 1. The third kappa shape index (κ3) is 3.59. The molecule has 2 nitrogen and oxygen atoms in total. The quantitative estimate of drug-likeness (QED) is 0.277. The lowest BCUT2D eigenvalue weighted by molar-refractivity contribution is 0.476. The topological polar surface area (TPSA) is 38.0 Å². The van der Waals surface area contributed by atoms with Crippen LogP contribution in [0.5, 0.6) is 0 Å². The first-order valence-electron chi connectivity index (χ1n) is 5.32. The summed E-state index contributed by atoms with van der Waals surface area (Å²) < 4.78 is 26.5. The maximum atomic E-state index is 13.4. The summed E-state index contributed by atoms with van der Waals surface area (Å²) >= 11 is 3.05. The largest absolute Gasteiger partial charge is 0.271 e. The van der Waals surface area contributed by atoms with Crippen molar-refractivity contribution in [1.82, 2.24) is 5.43 Å². The predicted octanol–water partition coefficient (Wildman–Crippen LogP) is 3.59. The van der Waals surface area contributed by atoms with Crippen LogP contribution in [0.2, 0.25) is 0 Å². The van der Waals surface area contributed by atoms with Crippen LogP contribution in [-0.4, -0.2) is 0 Å². The zero-order chi connectivity index (χ0) is 12.8. The number of allylic oxidation sites excluding steroid dienone is 1. The van der Waals surface area contributed by atoms with E-state index in [1.165, 1.54) is 6.07 Å². The van der Waals surface area contributed by atoms with Crippen molar-refractivity contribution < 1.29 is 8.78 Å². The standard InChI is InChI=1S/C12H15BrF2N2/c1-2-3-4-5-10(17-16)8-6-7-9(14)12(15)11(8)13/h2,6-7,10,17H,1,3-5,16H2. The Kier molecular flexibility index (Phi) is 5.74. The van der Waals surface area contributed by atoms with Crippen LogP contribution in [0.25, 0.3) is 0 Å². The van der Waals surface area contributed by atoms with Crippen molar-refractivity contribution in [3.05, 3.63) is 46.5 Å². The van der Waals surface area contributed by atoms with Gasteiger partial charge in [0.05, 0.1) is 4.47 Å². The number of hydrogen-bond acceptors (Lipinski definition) is 2. The summed E-state index contributed by atoms with van der Waals surface area (Å²) in [5.41, 5.74) is 3.23. The van der Waals surface area contributed by atoms with Crippen LogP contribution in [-0.2, 0) is 0 Å². The Balaban J connectivity index is 2.88. The molecule has 0 heterocycles. The number of unbranched alkanes of at least 4 members (excludes halogenated alkanes) is 1. The second-order valence-electron chi connectivity index (χ2n) is 3.70. The summed E-state index contributed by atoms with van der Waals surface area (Å²) in [7, 11) is 0. The van der Waals surface area contributed by atoms with Crippen molar-refractivity contribution in [2.75, 3.05) is 0 Å². The highest BCUT2D eigenvalue weighted by Gasteiger charge is 2.17. The van der Waals surface area contributed by atoms with Gasteiger partial charge in [-0.25, -0.2) is 8.78 Å². The summed E-state index contributed by atoms with van der Waals surface area (Å²) in [6.07, 6.45) is 4.28. The number of nitrogens with one attached hydrogen (secondary N) is 1. The van der Waals surface area contributed by atoms with Crippen molar-refractivity contribution in [2.24, 2.45) is 5.84 Å². The molecule has 17 heavy (non-hydrogen) atoms. The lowest BCUT2D eigenvalue weighted by Crippen LogP contribution is -2.28. The third-order valence-corrected chi connectivity index (χ3v) is 3.35. The van der Waals surface area contributed by atoms with E-state index in [-0.39, 0.29) is 10.5 Å². The van der Waals surface area contributed by atoms with Gasteiger partial charge in [0.25, 0.3) is 0 Å². The fourth-order valence-corrected chi connectivity index (χ4v) is 2.20. The molecule has 0 saturated heterocycles. The van der Waals surface area contributed by atoms with Crippen molar-refractivity contribution in [2.45, 2.75) is 25.3 Å². The second kappa shape index (κ2) is 6.83. The molecule has 0 fully saturated rings. The van der Waals surface area contributed by atoms with Crippen LogP contribution in [0.4, 0.5) is 8.78 Å². The van der Waals surface area contributed by atoms with Gasteiger partial charge in [-0.3, -0.25) is 11.3 Å². The van der Waals surface area contributed by atoms with Crippen LogP contribution in [0.15, 0.2) is 29.3 Å². The Morgan fingerprint density at radius 3 is 2.76 bits per heavy atom. The van der Waals surface area contributed by atoms with E-state index in [2.05, 4.69) is 27.9 Å². The van der Waals surface area contributed by atoms with Crippen LogP contribution in [0, 0.1) is 11.6 Å². The fourth-order valence-electron chi connectivity index (χ4n) is 1.60. The first-order chi connectivity index (χ1) is 8.11. The van der Waals surface area contributed by atoms with Crippen LogP contribution >= 0.6 is 15.9 Å². The fraction of sp³-hybridized carbons (Fsp3) is 0.333. The van der Waals surface area contributed by atoms with Gasteiger partial charge in [-0.1, -0.05) is 12.1 Å². The maximum absolute atomic E-state index is 13.4. The van der Waals surface area contributed by atoms with Gasteiger partial charge < -0.3 is 0 Å². The van der Waals surface area contributed by atoms with Gasteiger partial charge >= 0.3 is 0 Å². The van der Waals surface area contributed by atoms with E-state index in [4.69, 9.17) is 5.84 Å². The molecule has 94 valence electrons. The SMILES string of the molecule is C=CCCCC(NN)c1ccc(F)c(F)c1Br. The average Bonchev–Trinajstić information content (AvgIpc) is 2.33. The van der Waals surface area contributed by atoms with E-state index < -0.39 is 11.6 Å². The van der Waals surface area contributed by atoms with E-state index in [1.807, 2.05) is 6.08 Å². The molecule has 0 spiro atoms. The molecule has 0 aromatic heterocycles. The molecular formula is C12H15BrF2N2. The van der Waals surface area contributed by atoms with E-state index in [0.29, 0.717) is 5.56 Å². The van der Waals surface area contributed by atoms with Gasteiger partial charge in [0, 0.05) is 6.04 Å². The van der Waals surface area contributed by atoms with Gasteiger partial charge in [-0.15, -0.1) is 6.58 Å². The lowest BCUT2D eigenvalue weighted by atomic mass is 10.0. The Labute approximate surface area is 108 Å². The molecule has 3 N–H and O–H groups in total. The normalized spacial score (nSPS) is 12.5. The van der Waals surface area contributed by atoms with E-state index in [9.17, 15) is 8.78 Å². The van der Waals surface area contributed by atoms with Crippen LogP contribution in [0.3, 0.4) is 0 Å². The van der Waals surface area contributed by atoms with Crippen molar-refractivity contribution in [3.8, 4) is 0 Å². The molecule has 1 aromatic carbocycles. The zero-order valence-corrected chi connectivity index (χ0v) is 10.9. The zero-order valence-electron chi connectivity index (χ0n) is 9.35. The Morgan fingerprint density at radius 1 is 1.47 bits per heavy atom. The summed E-state index contributed by atoms with van der Waals surface area (Å²) in [4.78, 5) is 0. The van der Waals surface area contributed by atoms with Gasteiger partial charge in [0.2, 0.25) is 0 Å². The number of hydrazine groups is 1. The van der Waals surface area contributed by atoms with Crippen molar-refractivity contribution in [1.29, 1.82) is 0 Å². The monoisotopic (exact) mass is 304 g/mol. The molecule has 0 aliphatic carbocycles. The second-order valence-corrected chi connectivity index (χ2v) is 4.50. The summed E-state index contributed by atoms with van der Waals surface area (Å²) in [6.45, 7) is 3.63. The molecule has 1 unspecified atom stereocenters. The molecule has 1 atom stereocenters.